The summed E-state index contributed by atoms with van der Waals surface area (Å²) >= 11 is 1.25. The zero-order valence-electron chi connectivity index (χ0n) is 15.3. The zero-order chi connectivity index (χ0) is 18.4. The smallest absolute Gasteiger partial charge is 0.413 e. The Kier molecular flexibility index (Phi) is 6.58. The van der Waals surface area contributed by atoms with E-state index in [0.717, 1.165) is 12.8 Å². The van der Waals surface area contributed by atoms with E-state index in [1.807, 2.05) is 6.08 Å². The minimum absolute atomic E-state index is 0.313. The summed E-state index contributed by atoms with van der Waals surface area (Å²) in [6.45, 7) is 7.48. The number of carbonyl (C=O) groups excluding carboxylic acids is 2. The van der Waals surface area contributed by atoms with Gasteiger partial charge in [-0.3, -0.25) is 5.32 Å². The minimum atomic E-state index is -0.581. The van der Waals surface area contributed by atoms with E-state index in [2.05, 4.69) is 10.3 Å². The van der Waals surface area contributed by atoms with Gasteiger partial charge in [-0.05, 0) is 46.5 Å². The molecule has 1 aromatic heterocycles. The number of carbonyl (C=O) groups is 2. The quantitative estimate of drug-likeness (QED) is 0.607. The standard InChI is InChI=1S/C18H26N2O4S/c1-5-23-15(21)13(10-12-8-6-7-9-12)14-11-25-16(19-14)20-17(22)24-18(2,3)4/h10-12H,5-9H2,1-4H3,(H,19,20,22)/b13-10+. The van der Waals surface area contributed by atoms with Gasteiger partial charge in [0.15, 0.2) is 5.13 Å². The summed E-state index contributed by atoms with van der Waals surface area (Å²) in [6, 6.07) is 0. The largest absolute Gasteiger partial charge is 0.462 e. The number of ether oxygens (including phenoxy) is 2. The van der Waals surface area contributed by atoms with E-state index in [0.29, 0.717) is 28.9 Å². The Hall–Kier alpha value is -1.89. The number of aromatic nitrogens is 1. The van der Waals surface area contributed by atoms with Crippen LogP contribution in [-0.2, 0) is 14.3 Å². The van der Waals surface area contributed by atoms with Crippen molar-refractivity contribution in [2.75, 3.05) is 11.9 Å². The highest BCUT2D eigenvalue weighted by Gasteiger charge is 2.22. The maximum Gasteiger partial charge on any atom is 0.413 e. The zero-order valence-corrected chi connectivity index (χ0v) is 16.1. The number of allylic oxidation sites excluding steroid dienone is 1. The molecule has 2 rings (SSSR count). The molecule has 0 spiro atoms. The number of nitrogens with zero attached hydrogens (tertiary/aromatic N) is 1. The normalized spacial score (nSPS) is 15.9. The molecule has 25 heavy (non-hydrogen) atoms. The molecule has 0 unspecified atom stereocenters. The molecule has 1 fully saturated rings. The van der Waals surface area contributed by atoms with Crippen molar-refractivity contribution in [1.82, 2.24) is 4.98 Å². The third-order valence-electron chi connectivity index (χ3n) is 3.69. The molecule has 0 bridgehead atoms. The van der Waals surface area contributed by atoms with Crippen molar-refractivity contribution in [3.8, 4) is 0 Å². The van der Waals surface area contributed by atoms with Crippen LogP contribution in [0.4, 0.5) is 9.93 Å². The van der Waals surface area contributed by atoms with Crippen molar-refractivity contribution in [3.63, 3.8) is 0 Å². The van der Waals surface area contributed by atoms with Gasteiger partial charge in [0.2, 0.25) is 0 Å². The van der Waals surface area contributed by atoms with E-state index < -0.39 is 11.7 Å². The molecule has 0 saturated heterocycles. The van der Waals surface area contributed by atoms with Crippen molar-refractivity contribution in [3.05, 3.63) is 17.2 Å². The topological polar surface area (TPSA) is 77.5 Å². The van der Waals surface area contributed by atoms with Gasteiger partial charge in [0, 0.05) is 5.38 Å². The molecule has 1 aromatic rings. The van der Waals surface area contributed by atoms with E-state index in [-0.39, 0.29) is 5.97 Å². The van der Waals surface area contributed by atoms with Gasteiger partial charge in [-0.1, -0.05) is 18.9 Å². The van der Waals surface area contributed by atoms with Gasteiger partial charge in [0.05, 0.1) is 17.9 Å². The summed E-state index contributed by atoms with van der Waals surface area (Å²) < 4.78 is 10.4. The van der Waals surface area contributed by atoms with Crippen molar-refractivity contribution in [2.24, 2.45) is 5.92 Å². The van der Waals surface area contributed by atoms with E-state index in [4.69, 9.17) is 9.47 Å². The Bertz CT molecular complexity index is 640. The number of thiazole rings is 1. The van der Waals surface area contributed by atoms with Gasteiger partial charge in [-0.15, -0.1) is 11.3 Å². The molecule has 0 radical (unpaired) electrons. The second kappa shape index (κ2) is 8.47. The average Bonchev–Trinajstić information content (AvgIpc) is 3.14. The molecule has 7 heteroatoms. The maximum atomic E-state index is 12.3. The summed E-state index contributed by atoms with van der Waals surface area (Å²) in [4.78, 5) is 28.5. The third-order valence-corrected chi connectivity index (χ3v) is 4.44. The predicted molar refractivity (Wildman–Crippen MR) is 98.5 cm³/mol. The fourth-order valence-corrected chi connectivity index (χ4v) is 3.37. The molecule has 1 heterocycles. The number of amides is 1. The molecule has 1 N–H and O–H groups in total. The van der Waals surface area contributed by atoms with Crippen LogP contribution in [0.25, 0.3) is 5.57 Å². The van der Waals surface area contributed by atoms with Crippen molar-refractivity contribution < 1.29 is 19.1 Å². The summed E-state index contributed by atoms with van der Waals surface area (Å²) in [5.41, 5.74) is 0.423. The van der Waals surface area contributed by atoms with Crippen molar-refractivity contribution in [1.29, 1.82) is 0 Å². The number of nitrogens with one attached hydrogen (secondary N) is 1. The maximum absolute atomic E-state index is 12.3. The van der Waals surface area contributed by atoms with Crippen LogP contribution in [0.5, 0.6) is 0 Å². The Morgan fingerprint density at radius 3 is 2.64 bits per heavy atom. The second-order valence-electron chi connectivity index (χ2n) is 7.01. The minimum Gasteiger partial charge on any atom is -0.462 e. The SMILES string of the molecule is CCOC(=O)/C(=C/C1CCCC1)c1csc(NC(=O)OC(C)(C)C)n1. The predicted octanol–water partition coefficient (Wildman–Crippen LogP) is 4.63. The van der Waals surface area contributed by atoms with Crippen molar-refractivity contribution in [2.45, 2.75) is 59.0 Å². The monoisotopic (exact) mass is 366 g/mol. The van der Waals surface area contributed by atoms with Gasteiger partial charge < -0.3 is 9.47 Å². The van der Waals surface area contributed by atoms with E-state index in [1.165, 1.54) is 24.2 Å². The molecule has 138 valence electrons. The van der Waals surface area contributed by atoms with E-state index >= 15 is 0 Å². The highest BCUT2D eigenvalue weighted by Crippen LogP contribution is 2.31. The first kappa shape index (κ1) is 19.4. The fourth-order valence-electron chi connectivity index (χ4n) is 2.67. The lowest BCUT2D eigenvalue weighted by molar-refractivity contribution is -0.136. The first-order valence-electron chi connectivity index (χ1n) is 8.63. The lowest BCUT2D eigenvalue weighted by atomic mass is 10.0. The molecule has 1 amide bonds. The Morgan fingerprint density at radius 2 is 2.04 bits per heavy atom. The Labute approximate surface area is 152 Å². The molecular weight excluding hydrogens is 340 g/mol. The first-order chi connectivity index (χ1) is 11.8. The van der Waals surface area contributed by atoms with Gasteiger partial charge in [-0.2, -0.15) is 0 Å². The molecule has 0 aromatic carbocycles. The molecule has 1 aliphatic carbocycles. The Balaban J connectivity index is 2.14. The van der Waals surface area contributed by atoms with Crippen LogP contribution in [-0.4, -0.2) is 29.3 Å². The molecule has 0 atom stereocenters. The molecule has 0 aliphatic heterocycles. The van der Waals surface area contributed by atoms with E-state index in [1.54, 1.807) is 33.1 Å². The summed E-state index contributed by atoms with van der Waals surface area (Å²) in [6.07, 6.45) is 5.93. The number of hydrogen-bond acceptors (Lipinski definition) is 6. The van der Waals surface area contributed by atoms with Crippen LogP contribution >= 0.6 is 11.3 Å². The lowest BCUT2D eigenvalue weighted by Crippen LogP contribution is -2.27. The Morgan fingerprint density at radius 1 is 1.36 bits per heavy atom. The molecular formula is C18H26N2O4S. The molecule has 1 saturated carbocycles. The van der Waals surface area contributed by atoms with Crippen LogP contribution in [0.1, 0.15) is 59.1 Å². The van der Waals surface area contributed by atoms with Crippen LogP contribution in [0.2, 0.25) is 0 Å². The third kappa shape index (κ3) is 6.16. The fraction of sp³-hybridized carbons (Fsp3) is 0.611. The van der Waals surface area contributed by atoms with Crippen LogP contribution in [0, 0.1) is 5.92 Å². The summed E-state index contributed by atoms with van der Waals surface area (Å²) in [5.74, 6) is 0.00638. The average molecular weight is 366 g/mol. The number of esters is 1. The highest BCUT2D eigenvalue weighted by molar-refractivity contribution is 7.14. The highest BCUT2D eigenvalue weighted by atomic mass is 32.1. The lowest BCUT2D eigenvalue weighted by Gasteiger charge is -2.18. The number of anilines is 1. The van der Waals surface area contributed by atoms with Gasteiger partial charge in [0.25, 0.3) is 0 Å². The second-order valence-corrected chi connectivity index (χ2v) is 7.87. The summed E-state index contributed by atoms with van der Waals surface area (Å²) in [7, 11) is 0. The summed E-state index contributed by atoms with van der Waals surface area (Å²) in [5, 5.41) is 4.75. The van der Waals surface area contributed by atoms with Crippen LogP contribution in [0.15, 0.2) is 11.5 Å². The van der Waals surface area contributed by atoms with E-state index in [9.17, 15) is 9.59 Å². The van der Waals surface area contributed by atoms with Gasteiger partial charge >= 0.3 is 12.1 Å². The van der Waals surface area contributed by atoms with Gasteiger partial charge in [-0.25, -0.2) is 14.6 Å². The van der Waals surface area contributed by atoms with Crippen LogP contribution < -0.4 is 5.32 Å². The van der Waals surface area contributed by atoms with Gasteiger partial charge in [0.1, 0.15) is 5.60 Å². The number of hydrogen-bond donors (Lipinski definition) is 1. The van der Waals surface area contributed by atoms with Crippen molar-refractivity contribution >= 4 is 34.1 Å². The number of rotatable bonds is 5. The molecule has 6 nitrogen and oxygen atoms in total. The molecule has 1 aliphatic rings. The van der Waals surface area contributed by atoms with Crippen LogP contribution in [0.3, 0.4) is 0 Å². The first-order valence-corrected chi connectivity index (χ1v) is 9.51.